The molecule has 0 aromatic rings. The number of hydrogen-bond acceptors (Lipinski definition) is 5. The smallest absolute Gasteiger partial charge is 0.334 e. The Morgan fingerprint density at radius 2 is 1.47 bits per heavy atom. The van der Waals surface area contributed by atoms with Crippen LogP contribution in [0.1, 0.15) is 103 Å². The van der Waals surface area contributed by atoms with Crippen LogP contribution in [0.5, 0.6) is 0 Å². The maximum atomic E-state index is 12.0. The first kappa shape index (κ1) is 25.1. The normalized spacial score (nSPS) is 27.7. The van der Waals surface area contributed by atoms with Gasteiger partial charge in [-0.1, -0.05) is 76.5 Å². The first-order valence-electron chi connectivity index (χ1n) is 12.1. The third-order valence-corrected chi connectivity index (χ3v) is 6.21. The first-order valence-corrected chi connectivity index (χ1v) is 12.1. The van der Waals surface area contributed by atoms with Gasteiger partial charge in [-0.15, -0.1) is 0 Å². The third-order valence-electron chi connectivity index (χ3n) is 6.21. The highest BCUT2D eigenvalue weighted by Gasteiger charge is 2.56. The summed E-state index contributed by atoms with van der Waals surface area (Å²) in [5.41, 5.74) is -0.493. The summed E-state index contributed by atoms with van der Waals surface area (Å²) in [6.45, 7) is 2.31. The van der Waals surface area contributed by atoms with E-state index in [0.717, 1.165) is 19.3 Å². The van der Waals surface area contributed by atoms with Crippen molar-refractivity contribution in [1.82, 2.24) is 0 Å². The van der Waals surface area contributed by atoms with Crippen LogP contribution >= 0.6 is 0 Å². The minimum Gasteiger partial charge on any atom is -0.450 e. The summed E-state index contributed by atoms with van der Waals surface area (Å²) in [4.78, 5) is 12.0. The molecule has 3 atom stereocenters. The van der Waals surface area contributed by atoms with E-state index < -0.39 is 18.0 Å². The van der Waals surface area contributed by atoms with Gasteiger partial charge in [0.15, 0.2) is 11.9 Å². The average molecular weight is 423 g/mol. The lowest BCUT2D eigenvalue weighted by atomic mass is 9.93. The van der Waals surface area contributed by atoms with Crippen LogP contribution in [0, 0.1) is 0 Å². The van der Waals surface area contributed by atoms with Gasteiger partial charge in [-0.2, -0.15) is 0 Å². The predicted octanol–water partition coefficient (Wildman–Crippen LogP) is 5.35. The molecule has 1 spiro atoms. The van der Waals surface area contributed by atoms with Crippen molar-refractivity contribution in [1.29, 1.82) is 0 Å². The molecule has 5 nitrogen and oxygen atoms in total. The highest BCUT2D eigenvalue weighted by molar-refractivity contribution is 5.91. The second-order valence-corrected chi connectivity index (χ2v) is 8.88. The van der Waals surface area contributed by atoms with Gasteiger partial charge in [-0.05, 0) is 38.5 Å². The summed E-state index contributed by atoms with van der Waals surface area (Å²) >= 11 is 0. The van der Waals surface area contributed by atoms with Crippen LogP contribution < -0.4 is 0 Å². The number of unbranched alkanes of at least 4 members (excludes halogenated alkanes) is 12. The Bertz CT molecular complexity index is 556. The molecule has 2 N–H and O–H groups in total. The van der Waals surface area contributed by atoms with Crippen molar-refractivity contribution in [3.63, 3.8) is 0 Å². The number of aliphatic hydroxyl groups is 2. The number of carbonyl (C=O) groups excluding carboxylic acids is 1. The monoisotopic (exact) mass is 422 g/mol. The van der Waals surface area contributed by atoms with E-state index in [0.29, 0.717) is 12.0 Å². The highest BCUT2D eigenvalue weighted by atomic mass is 16.7. The number of allylic oxidation sites excluding steroid dienone is 3. The van der Waals surface area contributed by atoms with Crippen molar-refractivity contribution in [3.8, 4) is 0 Å². The molecule has 0 saturated carbocycles. The predicted molar refractivity (Wildman–Crippen MR) is 119 cm³/mol. The van der Waals surface area contributed by atoms with Crippen LogP contribution in [-0.2, 0) is 14.3 Å². The summed E-state index contributed by atoms with van der Waals surface area (Å²) in [7, 11) is 0. The number of rotatable bonds is 15. The maximum Gasteiger partial charge on any atom is 0.334 e. The molecule has 2 fully saturated rings. The van der Waals surface area contributed by atoms with Gasteiger partial charge in [0.1, 0.15) is 6.10 Å². The van der Waals surface area contributed by atoms with Crippen molar-refractivity contribution >= 4 is 5.97 Å². The molecule has 0 aromatic heterocycles. The molecule has 30 heavy (non-hydrogen) atoms. The standard InChI is InChI=1S/C25H42O5/c1-2-3-4-5-6-7-8-9-10-11-12-13-14-15-16-17-18-21-19-25(30-23(21)27)20-29-24(28)22(25)26/h9-10,18,22,24,26,28H,2-8,11-17,19-20H2,1H3/b10-9-,21-18-/t22-,24-,25+/m0/s1. The van der Waals surface area contributed by atoms with Gasteiger partial charge in [0.25, 0.3) is 0 Å². The van der Waals surface area contributed by atoms with Crippen LogP contribution in [0.4, 0.5) is 0 Å². The maximum absolute atomic E-state index is 12.0. The van der Waals surface area contributed by atoms with Crippen molar-refractivity contribution in [2.75, 3.05) is 6.61 Å². The van der Waals surface area contributed by atoms with E-state index in [2.05, 4.69) is 19.1 Å². The van der Waals surface area contributed by atoms with Crippen LogP contribution in [0.3, 0.4) is 0 Å². The Morgan fingerprint density at radius 1 is 0.900 bits per heavy atom. The van der Waals surface area contributed by atoms with Crippen LogP contribution in [0.15, 0.2) is 23.8 Å². The van der Waals surface area contributed by atoms with E-state index in [1.165, 1.54) is 70.6 Å². The van der Waals surface area contributed by atoms with Crippen LogP contribution in [-0.4, -0.2) is 40.8 Å². The Hall–Kier alpha value is -1.17. The van der Waals surface area contributed by atoms with Crippen molar-refractivity contribution < 1.29 is 24.5 Å². The molecular weight excluding hydrogens is 380 g/mol. The fourth-order valence-corrected chi connectivity index (χ4v) is 4.24. The van der Waals surface area contributed by atoms with Gasteiger partial charge in [0, 0.05) is 12.0 Å². The minimum atomic E-state index is -1.28. The minimum absolute atomic E-state index is 0.0474. The molecule has 5 heteroatoms. The van der Waals surface area contributed by atoms with E-state index in [-0.39, 0.29) is 12.6 Å². The zero-order chi connectivity index (χ0) is 21.7. The number of aliphatic hydroxyl groups excluding tert-OH is 2. The topological polar surface area (TPSA) is 76.0 Å². The van der Waals surface area contributed by atoms with E-state index in [1.807, 2.05) is 6.08 Å². The Balaban J connectivity index is 1.44. The third kappa shape index (κ3) is 8.16. The second kappa shape index (κ2) is 14.0. The first-order chi connectivity index (χ1) is 14.6. The molecule has 2 saturated heterocycles. The van der Waals surface area contributed by atoms with Gasteiger partial charge in [-0.25, -0.2) is 4.79 Å². The summed E-state index contributed by atoms with van der Waals surface area (Å²) in [5.74, 6) is -0.389. The summed E-state index contributed by atoms with van der Waals surface area (Å²) in [5, 5.41) is 19.5. The van der Waals surface area contributed by atoms with Gasteiger partial charge >= 0.3 is 5.97 Å². The SMILES string of the molecule is CCCCCCCC/C=C\CCCCCCC/C=C1/C[C@]2(CO[C@H](O)[C@@H]2O)OC1=O. The van der Waals surface area contributed by atoms with Gasteiger partial charge in [0.2, 0.25) is 0 Å². The molecule has 0 amide bonds. The lowest BCUT2D eigenvalue weighted by molar-refractivity contribution is -0.156. The molecule has 0 radical (unpaired) electrons. The van der Waals surface area contributed by atoms with Crippen molar-refractivity contribution in [2.24, 2.45) is 0 Å². The Kier molecular flexibility index (Phi) is 11.7. The largest absolute Gasteiger partial charge is 0.450 e. The van der Waals surface area contributed by atoms with Gasteiger partial charge < -0.3 is 19.7 Å². The Labute approximate surface area is 182 Å². The lowest BCUT2D eigenvalue weighted by Crippen LogP contribution is -2.43. The molecule has 0 bridgehead atoms. The molecular formula is C25H42O5. The van der Waals surface area contributed by atoms with E-state index in [1.54, 1.807) is 0 Å². The quantitative estimate of drug-likeness (QED) is 0.161. The van der Waals surface area contributed by atoms with E-state index >= 15 is 0 Å². The lowest BCUT2D eigenvalue weighted by Gasteiger charge is -2.23. The molecule has 2 aliphatic heterocycles. The molecule has 172 valence electrons. The average Bonchev–Trinajstić information content (AvgIpc) is 3.20. The van der Waals surface area contributed by atoms with E-state index in [9.17, 15) is 15.0 Å². The summed E-state index contributed by atoms with van der Waals surface area (Å²) < 4.78 is 10.4. The van der Waals surface area contributed by atoms with Crippen LogP contribution in [0.2, 0.25) is 0 Å². The fourth-order valence-electron chi connectivity index (χ4n) is 4.24. The molecule has 0 unspecified atom stereocenters. The summed E-state index contributed by atoms with van der Waals surface area (Å²) in [6, 6.07) is 0. The van der Waals surface area contributed by atoms with Crippen LogP contribution in [0.25, 0.3) is 0 Å². The van der Waals surface area contributed by atoms with Crippen molar-refractivity contribution in [3.05, 3.63) is 23.8 Å². The van der Waals surface area contributed by atoms with E-state index in [4.69, 9.17) is 9.47 Å². The number of esters is 1. The molecule has 2 rings (SSSR count). The number of hydrogen-bond donors (Lipinski definition) is 2. The zero-order valence-electron chi connectivity index (χ0n) is 18.8. The number of ether oxygens (including phenoxy) is 2. The number of carbonyl (C=O) groups is 1. The molecule has 2 heterocycles. The zero-order valence-corrected chi connectivity index (χ0v) is 18.8. The second-order valence-electron chi connectivity index (χ2n) is 8.88. The molecule has 0 aliphatic carbocycles. The van der Waals surface area contributed by atoms with Gasteiger partial charge in [0.05, 0.1) is 6.61 Å². The molecule has 2 aliphatic rings. The summed E-state index contributed by atoms with van der Waals surface area (Å²) in [6.07, 6.45) is 21.9. The Morgan fingerprint density at radius 3 is 2.03 bits per heavy atom. The van der Waals surface area contributed by atoms with Gasteiger partial charge in [-0.3, -0.25) is 0 Å². The van der Waals surface area contributed by atoms with Crippen molar-refractivity contribution in [2.45, 2.75) is 121 Å². The fraction of sp³-hybridized carbons (Fsp3) is 0.800. The highest BCUT2D eigenvalue weighted by Crippen LogP contribution is 2.39. The molecule has 0 aromatic carbocycles.